The van der Waals surface area contributed by atoms with Gasteiger partial charge in [-0.3, -0.25) is 19.8 Å². The van der Waals surface area contributed by atoms with Crippen LogP contribution in [0.5, 0.6) is 0 Å². The van der Waals surface area contributed by atoms with Gasteiger partial charge in [0.2, 0.25) is 5.13 Å². The zero-order chi connectivity index (χ0) is 21.3. The molecule has 1 aromatic heterocycles. The lowest BCUT2D eigenvalue weighted by atomic mass is 9.94. The van der Waals surface area contributed by atoms with E-state index in [2.05, 4.69) is 4.98 Å². The monoisotopic (exact) mass is 442 g/mol. The van der Waals surface area contributed by atoms with E-state index in [1.54, 1.807) is 12.1 Å². The SMILES string of the molecule is C/C(=C1/S/C(=N/c2nc(C)cs2)N(C2CCCCC2)C1=O)c1ccc([N+](=O)[O-])cc1. The van der Waals surface area contributed by atoms with Gasteiger partial charge in [-0.25, -0.2) is 4.98 Å². The number of hydrogen-bond donors (Lipinski definition) is 0. The van der Waals surface area contributed by atoms with E-state index in [0.29, 0.717) is 15.2 Å². The third kappa shape index (κ3) is 4.17. The second kappa shape index (κ2) is 8.69. The molecule has 7 nitrogen and oxygen atoms in total. The molecule has 0 radical (unpaired) electrons. The number of aryl methyl sites for hydroxylation is 1. The topological polar surface area (TPSA) is 88.7 Å². The van der Waals surface area contributed by atoms with E-state index in [-0.39, 0.29) is 17.6 Å². The van der Waals surface area contributed by atoms with Crippen LogP contribution in [0.15, 0.2) is 39.5 Å². The van der Waals surface area contributed by atoms with Gasteiger partial charge in [-0.2, -0.15) is 4.99 Å². The Balaban J connectivity index is 1.72. The number of hydrogen-bond acceptors (Lipinski definition) is 7. The number of aromatic nitrogens is 1. The molecular formula is C21H22N4O3S2. The average Bonchev–Trinajstić information content (AvgIpc) is 3.30. The molecule has 4 rings (SSSR count). The summed E-state index contributed by atoms with van der Waals surface area (Å²) in [4.78, 5) is 35.6. The first-order valence-electron chi connectivity index (χ1n) is 9.92. The number of thioether (sulfide) groups is 1. The van der Waals surface area contributed by atoms with Crippen molar-refractivity contribution in [2.24, 2.45) is 4.99 Å². The van der Waals surface area contributed by atoms with E-state index in [1.807, 2.05) is 24.1 Å². The zero-order valence-electron chi connectivity index (χ0n) is 16.8. The molecule has 9 heteroatoms. The van der Waals surface area contributed by atoms with Gasteiger partial charge in [0.05, 0.1) is 15.5 Å². The molecule has 0 atom stereocenters. The largest absolute Gasteiger partial charge is 0.283 e. The molecule has 2 aliphatic rings. The number of carbonyl (C=O) groups is 1. The molecular weight excluding hydrogens is 420 g/mol. The van der Waals surface area contributed by atoms with Gasteiger partial charge in [0.1, 0.15) is 0 Å². The molecule has 1 aliphatic carbocycles. The van der Waals surface area contributed by atoms with Crippen molar-refractivity contribution in [3.8, 4) is 0 Å². The minimum atomic E-state index is -0.423. The maximum absolute atomic E-state index is 13.4. The summed E-state index contributed by atoms with van der Waals surface area (Å²) in [5.41, 5.74) is 2.55. The summed E-state index contributed by atoms with van der Waals surface area (Å²) >= 11 is 2.84. The highest BCUT2D eigenvalue weighted by atomic mass is 32.2. The number of carbonyl (C=O) groups excluding carboxylic acids is 1. The fraction of sp³-hybridized carbons (Fsp3) is 0.381. The molecule has 1 amide bonds. The molecule has 1 aromatic carbocycles. The Kier molecular flexibility index (Phi) is 6.01. The average molecular weight is 443 g/mol. The molecule has 2 fully saturated rings. The number of nitro benzene ring substituents is 1. The maximum atomic E-state index is 13.4. The number of nitro groups is 1. The molecule has 1 saturated heterocycles. The van der Waals surface area contributed by atoms with Crippen LogP contribution < -0.4 is 0 Å². The van der Waals surface area contributed by atoms with E-state index in [1.165, 1.54) is 41.7 Å². The van der Waals surface area contributed by atoms with Gasteiger partial charge in [0.15, 0.2) is 5.17 Å². The van der Waals surface area contributed by atoms with E-state index in [4.69, 9.17) is 4.99 Å². The summed E-state index contributed by atoms with van der Waals surface area (Å²) in [6.07, 6.45) is 5.39. The number of nitrogens with zero attached hydrogens (tertiary/aromatic N) is 4. The van der Waals surface area contributed by atoms with Gasteiger partial charge in [-0.15, -0.1) is 11.3 Å². The fourth-order valence-electron chi connectivity index (χ4n) is 3.79. The van der Waals surface area contributed by atoms with Gasteiger partial charge in [0.25, 0.3) is 11.6 Å². The summed E-state index contributed by atoms with van der Waals surface area (Å²) in [6.45, 7) is 3.81. The van der Waals surface area contributed by atoms with Gasteiger partial charge >= 0.3 is 0 Å². The smallest absolute Gasteiger partial charge is 0.269 e. The second-order valence-electron chi connectivity index (χ2n) is 7.49. The minimum Gasteiger partial charge on any atom is -0.283 e. The summed E-state index contributed by atoms with van der Waals surface area (Å²) in [5, 5.41) is 14.2. The Morgan fingerprint density at radius 3 is 2.53 bits per heavy atom. The molecule has 1 saturated carbocycles. The number of thiazole rings is 1. The van der Waals surface area contributed by atoms with Crippen LogP contribution in [-0.2, 0) is 4.79 Å². The third-order valence-electron chi connectivity index (χ3n) is 5.40. The Morgan fingerprint density at radius 2 is 1.93 bits per heavy atom. The second-order valence-corrected chi connectivity index (χ2v) is 9.31. The van der Waals surface area contributed by atoms with Crippen LogP contribution in [-0.4, -0.2) is 31.9 Å². The van der Waals surface area contributed by atoms with Crippen LogP contribution in [0.1, 0.15) is 50.3 Å². The third-order valence-corrected chi connectivity index (χ3v) is 7.41. The number of non-ortho nitro benzene ring substituents is 1. The maximum Gasteiger partial charge on any atom is 0.269 e. The lowest BCUT2D eigenvalue weighted by molar-refractivity contribution is -0.384. The van der Waals surface area contributed by atoms with Crippen LogP contribution in [0, 0.1) is 17.0 Å². The molecule has 1 aliphatic heterocycles. The summed E-state index contributed by atoms with van der Waals surface area (Å²) in [5.74, 6) is -0.0326. The van der Waals surface area contributed by atoms with Gasteiger partial charge < -0.3 is 0 Å². The molecule has 0 bridgehead atoms. The van der Waals surface area contributed by atoms with Crippen LogP contribution in [0.25, 0.3) is 5.57 Å². The van der Waals surface area contributed by atoms with E-state index >= 15 is 0 Å². The summed E-state index contributed by atoms with van der Waals surface area (Å²) < 4.78 is 0. The van der Waals surface area contributed by atoms with Gasteiger partial charge in [0, 0.05) is 23.6 Å². The molecule has 30 heavy (non-hydrogen) atoms. The first-order chi connectivity index (χ1) is 14.4. The van der Waals surface area contributed by atoms with Crippen LogP contribution in [0.3, 0.4) is 0 Å². The number of amidine groups is 1. The number of benzene rings is 1. The zero-order valence-corrected chi connectivity index (χ0v) is 18.5. The van der Waals surface area contributed by atoms with Crippen molar-refractivity contribution < 1.29 is 9.72 Å². The van der Waals surface area contributed by atoms with Crippen molar-refractivity contribution in [1.82, 2.24) is 9.88 Å². The Morgan fingerprint density at radius 1 is 1.23 bits per heavy atom. The van der Waals surface area contributed by atoms with Crippen molar-refractivity contribution in [2.75, 3.05) is 0 Å². The number of rotatable bonds is 4. The van der Waals surface area contributed by atoms with Gasteiger partial charge in [-0.1, -0.05) is 19.3 Å². The van der Waals surface area contributed by atoms with Gasteiger partial charge in [-0.05, 0) is 61.7 Å². The van der Waals surface area contributed by atoms with Crippen molar-refractivity contribution >= 4 is 50.6 Å². The van der Waals surface area contributed by atoms with Crippen molar-refractivity contribution in [3.05, 3.63) is 55.9 Å². The van der Waals surface area contributed by atoms with E-state index in [9.17, 15) is 14.9 Å². The van der Waals surface area contributed by atoms with Crippen LogP contribution in [0.4, 0.5) is 10.8 Å². The first kappa shape index (κ1) is 20.7. The standard InChI is InChI=1S/C21H22N4O3S2/c1-13-12-29-20(22-13)23-21-24(16-6-4-3-5-7-16)19(26)18(30-21)14(2)15-8-10-17(11-9-15)25(27)28/h8-12,16H,3-7H2,1-2H3/b18-14-,23-21+. The Hall–Kier alpha value is -2.52. The minimum absolute atomic E-state index is 0.0326. The molecule has 0 N–H and O–H groups in total. The lowest BCUT2D eigenvalue weighted by Gasteiger charge is -2.30. The summed E-state index contributed by atoms with van der Waals surface area (Å²) in [7, 11) is 0. The summed E-state index contributed by atoms with van der Waals surface area (Å²) in [6, 6.07) is 6.48. The quantitative estimate of drug-likeness (QED) is 0.345. The van der Waals surface area contributed by atoms with Crippen molar-refractivity contribution in [3.63, 3.8) is 0 Å². The highest BCUT2D eigenvalue weighted by Gasteiger charge is 2.40. The highest BCUT2D eigenvalue weighted by Crippen LogP contribution is 2.41. The predicted octanol–water partition coefficient (Wildman–Crippen LogP) is 5.69. The predicted molar refractivity (Wildman–Crippen MR) is 121 cm³/mol. The number of allylic oxidation sites excluding steroid dienone is 1. The Bertz CT molecular complexity index is 1040. The number of amides is 1. The molecule has 0 unspecified atom stereocenters. The Labute approximate surface area is 183 Å². The van der Waals surface area contributed by atoms with Crippen molar-refractivity contribution in [1.29, 1.82) is 0 Å². The first-order valence-corrected chi connectivity index (χ1v) is 11.6. The van der Waals surface area contributed by atoms with Crippen LogP contribution in [0.2, 0.25) is 0 Å². The lowest BCUT2D eigenvalue weighted by Crippen LogP contribution is -2.40. The number of aliphatic imine (C=N–C) groups is 1. The van der Waals surface area contributed by atoms with Crippen molar-refractivity contribution in [2.45, 2.75) is 52.0 Å². The normalized spacial score (nSPS) is 20.8. The van der Waals surface area contributed by atoms with E-state index in [0.717, 1.165) is 42.5 Å². The van der Waals surface area contributed by atoms with Crippen LogP contribution >= 0.6 is 23.1 Å². The molecule has 2 aromatic rings. The molecule has 0 spiro atoms. The molecule has 156 valence electrons. The molecule has 2 heterocycles. The van der Waals surface area contributed by atoms with E-state index < -0.39 is 4.92 Å². The fourth-order valence-corrected chi connectivity index (χ4v) is 5.62. The highest BCUT2D eigenvalue weighted by molar-refractivity contribution is 8.18.